The van der Waals surface area contributed by atoms with Crippen LogP contribution in [0.1, 0.15) is 22.3 Å². The van der Waals surface area contributed by atoms with E-state index in [1.807, 2.05) is 97.1 Å². The van der Waals surface area contributed by atoms with E-state index in [0.717, 1.165) is 22.3 Å². The summed E-state index contributed by atoms with van der Waals surface area (Å²) in [4.78, 5) is 0. The van der Waals surface area contributed by atoms with Crippen LogP contribution in [0.5, 0.6) is 0 Å². The molecule has 0 radical (unpaired) electrons. The molecule has 0 fully saturated rings. The first-order valence-corrected chi connectivity index (χ1v) is 9.98. The highest BCUT2D eigenvalue weighted by Gasteiger charge is 2.30. The summed E-state index contributed by atoms with van der Waals surface area (Å²) in [5, 5.41) is 20.5. The Bertz CT molecular complexity index is 1200. The molecule has 0 heterocycles. The molecule has 4 heteroatoms. The Morgan fingerprint density at radius 1 is 0.567 bits per heavy atom. The number of halogens is 2. The van der Waals surface area contributed by atoms with Crippen LogP contribution in [0.15, 0.2) is 96.1 Å². The number of nitrogens with zero attached hydrogens (tertiary/aromatic N) is 2. The molecular formula is C26H14Cl2N2. The zero-order chi connectivity index (χ0) is 21.1. The smallest absolute Gasteiger partial charge is 0.138 e. The molecule has 0 saturated carbocycles. The van der Waals surface area contributed by atoms with Crippen LogP contribution < -0.4 is 0 Å². The number of nitriles is 2. The largest absolute Gasteiger partial charge is 0.192 e. The quantitative estimate of drug-likeness (QED) is 0.406. The number of allylic oxidation sites excluding steroid dienone is 4. The third-order valence-electron chi connectivity index (χ3n) is 4.94. The van der Waals surface area contributed by atoms with Gasteiger partial charge in [-0.05, 0) is 11.1 Å². The third kappa shape index (κ3) is 3.34. The molecule has 0 amide bonds. The Kier molecular flexibility index (Phi) is 5.55. The van der Waals surface area contributed by atoms with E-state index in [1.165, 1.54) is 0 Å². The molecule has 0 aromatic heterocycles. The lowest BCUT2D eigenvalue weighted by molar-refractivity contribution is 1.44. The molecule has 30 heavy (non-hydrogen) atoms. The third-order valence-corrected chi connectivity index (χ3v) is 5.72. The van der Waals surface area contributed by atoms with E-state index >= 15 is 0 Å². The van der Waals surface area contributed by atoms with Crippen molar-refractivity contribution in [3.63, 3.8) is 0 Å². The van der Waals surface area contributed by atoms with E-state index in [2.05, 4.69) is 0 Å². The number of benzene rings is 3. The Balaban J connectivity index is 2.24. The van der Waals surface area contributed by atoms with Gasteiger partial charge in [0.05, 0.1) is 10.1 Å². The van der Waals surface area contributed by atoms with Gasteiger partial charge in [0.15, 0.2) is 0 Å². The van der Waals surface area contributed by atoms with Crippen LogP contribution in [0.3, 0.4) is 0 Å². The van der Waals surface area contributed by atoms with E-state index in [0.29, 0.717) is 26.8 Å². The van der Waals surface area contributed by atoms with Gasteiger partial charge >= 0.3 is 0 Å². The summed E-state index contributed by atoms with van der Waals surface area (Å²) in [5.74, 6) is 0. The SMILES string of the molecule is N#CC(C#N)=C1C(c2ccccc2)=C(Cl)c2ccccc2C(Cl)=C1c1ccccc1. The van der Waals surface area contributed by atoms with E-state index in [9.17, 15) is 10.5 Å². The molecule has 3 aromatic carbocycles. The fraction of sp³-hybridized carbons (Fsp3) is 0. The number of rotatable bonds is 2. The van der Waals surface area contributed by atoms with Crippen LogP contribution in [0.25, 0.3) is 21.2 Å². The Morgan fingerprint density at radius 3 is 1.30 bits per heavy atom. The van der Waals surface area contributed by atoms with Gasteiger partial charge in [0, 0.05) is 27.8 Å². The average Bonchev–Trinajstić information content (AvgIpc) is 2.89. The van der Waals surface area contributed by atoms with Crippen molar-refractivity contribution in [2.24, 2.45) is 0 Å². The lowest BCUT2D eigenvalue weighted by Crippen LogP contribution is -1.99. The Labute approximate surface area is 185 Å². The van der Waals surface area contributed by atoms with Crippen LogP contribution in [-0.2, 0) is 0 Å². The predicted molar refractivity (Wildman–Crippen MR) is 123 cm³/mol. The normalized spacial score (nSPS) is 13.3. The fourth-order valence-corrected chi connectivity index (χ4v) is 4.36. The summed E-state index contributed by atoms with van der Waals surface area (Å²) in [5.41, 5.74) is 4.71. The molecule has 0 N–H and O–H groups in total. The van der Waals surface area contributed by atoms with Crippen molar-refractivity contribution >= 4 is 44.4 Å². The highest BCUT2D eigenvalue weighted by atomic mass is 35.5. The van der Waals surface area contributed by atoms with Crippen molar-refractivity contribution in [3.8, 4) is 12.1 Å². The molecule has 142 valence electrons. The zero-order valence-electron chi connectivity index (χ0n) is 15.7. The molecule has 1 aliphatic carbocycles. The number of fused-ring (bicyclic) bond motifs is 1. The maximum atomic E-state index is 9.83. The second-order valence-corrected chi connectivity index (χ2v) is 7.39. The van der Waals surface area contributed by atoms with Gasteiger partial charge in [-0.25, -0.2) is 0 Å². The molecule has 0 unspecified atom stereocenters. The maximum Gasteiger partial charge on any atom is 0.138 e. The predicted octanol–water partition coefficient (Wildman–Crippen LogP) is 7.26. The summed E-state index contributed by atoms with van der Waals surface area (Å²) in [6.45, 7) is 0. The van der Waals surface area contributed by atoms with Crippen LogP contribution >= 0.6 is 23.2 Å². The summed E-state index contributed by atoms with van der Waals surface area (Å²) >= 11 is 13.9. The number of hydrogen-bond acceptors (Lipinski definition) is 2. The van der Waals surface area contributed by atoms with Crippen LogP contribution in [0.4, 0.5) is 0 Å². The second-order valence-electron chi connectivity index (χ2n) is 6.63. The van der Waals surface area contributed by atoms with Gasteiger partial charge in [0.2, 0.25) is 0 Å². The molecule has 0 saturated heterocycles. The van der Waals surface area contributed by atoms with E-state index in [1.54, 1.807) is 0 Å². The molecule has 1 aliphatic rings. The summed E-state index contributed by atoms with van der Waals surface area (Å²) in [7, 11) is 0. The molecule has 2 nitrogen and oxygen atoms in total. The lowest BCUT2D eigenvalue weighted by Gasteiger charge is -2.18. The van der Waals surface area contributed by atoms with E-state index < -0.39 is 0 Å². The van der Waals surface area contributed by atoms with Gasteiger partial charge in [0.1, 0.15) is 17.7 Å². The van der Waals surface area contributed by atoms with Crippen molar-refractivity contribution in [1.29, 1.82) is 10.5 Å². The minimum absolute atomic E-state index is 0.0446. The molecule has 0 bridgehead atoms. The van der Waals surface area contributed by atoms with Crippen molar-refractivity contribution in [3.05, 3.63) is 118 Å². The lowest BCUT2D eigenvalue weighted by atomic mass is 9.85. The molecular weight excluding hydrogens is 411 g/mol. The van der Waals surface area contributed by atoms with Crippen LogP contribution in [-0.4, -0.2) is 0 Å². The van der Waals surface area contributed by atoms with Crippen LogP contribution in [0, 0.1) is 22.7 Å². The summed E-state index contributed by atoms with van der Waals surface area (Å²) in [6, 6.07) is 30.7. The van der Waals surface area contributed by atoms with Crippen molar-refractivity contribution in [1.82, 2.24) is 0 Å². The Morgan fingerprint density at radius 2 is 0.933 bits per heavy atom. The van der Waals surface area contributed by atoms with Gasteiger partial charge in [-0.3, -0.25) is 0 Å². The minimum Gasteiger partial charge on any atom is -0.192 e. The van der Waals surface area contributed by atoms with Gasteiger partial charge in [-0.15, -0.1) is 0 Å². The van der Waals surface area contributed by atoms with E-state index in [4.69, 9.17) is 23.2 Å². The first-order chi connectivity index (χ1) is 14.7. The summed E-state index contributed by atoms with van der Waals surface area (Å²) < 4.78 is 0. The first-order valence-electron chi connectivity index (χ1n) is 9.22. The average molecular weight is 425 g/mol. The standard InChI is InChI=1S/C26H14Cl2N2/c27-25-20-13-7-8-14-21(20)26(28)24(18-11-5-2-6-12-18)22(19(15-29)16-30)23(25)17-9-3-1-4-10-17/h1-14H. The molecule has 0 aliphatic heterocycles. The van der Waals surface area contributed by atoms with Crippen molar-refractivity contribution in [2.45, 2.75) is 0 Å². The fourth-order valence-electron chi connectivity index (χ4n) is 3.62. The summed E-state index contributed by atoms with van der Waals surface area (Å²) in [6.07, 6.45) is 0. The van der Waals surface area contributed by atoms with Gasteiger partial charge in [-0.1, -0.05) is 108 Å². The maximum absolute atomic E-state index is 9.83. The van der Waals surface area contributed by atoms with Crippen LogP contribution in [0.2, 0.25) is 0 Å². The highest BCUT2D eigenvalue weighted by Crippen LogP contribution is 2.50. The number of hydrogen-bond donors (Lipinski definition) is 0. The van der Waals surface area contributed by atoms with E-state index in [-0.39, 0.29) is 5.57 Å². The van der Waals surface area contributed by atoms with Crippen molar-refractivity contribution in [2.75, 3.05) is 0 Å². The molecule has 4 rings (SSSR count). The molecule has 0 atom stereocenters. The van der Waals surface area contributed by atoms with Gasteiger partial charge in [0.25, 0.3) is 0 Å². The topological polar surface area (TPSA) is 47.6 Å². The molecule has 0 spiro atoms. The Hall–Kier alpha value is -3.56. The first kappa shape index (κ1) is 19.7. The zero-order valence-corrected chi connectivity index (χ0v) is 17.2. The minimum atomic E-state index is -0.0446. The van der Waals surface area contributed by atoms with Gasteiger partial charge < -0.3 is 0 Å². The van der Waals surface area contributed by atoms with Gasteiger partial charge in [-0.2, -0.15) is 10.5 Å². The second kappa shape index (κ2) is 8.44. The monoisotopic (exact) mass is 424 g/mol. The highest BCUT2D eigenvalue weighted by molar-refractivity contribution is 6.59. The van der Waals surface area contributed by atoms with Crippen molar-refractivity contribution < 1.29 is 0 Å². The molecule has 3 aromatic rings.